The molecule has 0 saturated carbocycles. The van der Waals surface area contributed by atoms with Crippen molar-refractivity contribution in [2.75, 3.05) is 32.3 Å². The monoisotopic (exact) mass is 457 g/mol. The van der Waals surface area contributed by atoms with Crippen molar-refractivity contribution >= 4 is 17.7 Å². The lowest BCUT2D eigenvalue weighted by Crippen LogP contribution is -2.30. The molecule has 6 heteroatoms. The topological polar surface area (TPSA) is 69.8 Å². The molecule has 0 aromatic rings. The number of aliphatic carboxylic acids is 1. The number of hydrogen-bond donors (Lipinski definition) is 2. The van der Waals surface area contributed by atoms with Gasteiger partial charge in [0.25, 0.3) is 0 Å². The van der Waals surface area contributed by atoms with Crippen LogP contribution >= 0.6 is 11.8 Å². The molecule has 1 aliphatic heterocycles. The summed E-state index contributed by atoms with van der Waals surface area (Å²) in [5.74, 6) is -0.1000. The number of carboxylic acids is 1. The maximum absolute atomic E-state index is 10.1. The van der Waals surface area contributed by atoms with Crippen molar-refractivity contribution < 1.29 is 9.90 Å². The molecule has 0 spiro atoms. The van der Waals surface area contributed by atoms with E-state index in [0.29, 0.717) is 6.42 Å². The van der Waals surface area contributed by atoms with Crippen LogP contribution in [0.25, 0.3) is 0 Å². The van der Waals surface area contributed by atoms with Crippen molar-refractivity contribution in [2.45, 2.75) is 109 Å². The number of unbranched alkanes of at least 4 members (excludes halogenated alkanes) is 13. The highest BCUT2D eigenvalue weighted by atomic mass is 32.2. The lowest BCUT2D eigenvalue weighted by molar-refractivity contribution is -0.138. The molecule has 184 valence electrons. The van der Waals surface area contributed by atoms with Gasteiger partial charge in [-0.1, -0.05) is 90.4 Å². The summed E-state index contributed by atoms with van der Waals surface area (Å²) in [6, 6.07) is -0.683. The molecule has 0 aromatic heterocycles. The first kappa shape index (κ1) is 30.1. The summed E-state index contributed by atoms with van der Waals surface area (Å²) >= 11 is 1.60. The second kappa shape index (κ2) is 22.3. The van der Waals surface area contributed by atoms with Gasteiger partial charge < -0.3 is 20.6 Å². The van der Waals surface area contributed by atoms with E-state index in [4.69, 9.17) is 10.8 Å². The molecule has 1 heterocycles. The lowest BCUT2D eigenvalue weighted by atomic mass is 10.0. The van der Waals surface area contributed by atoms with Crippen LogP contribution in [0.3, 0.4) is 0 Å². The molecule has 0 fully saturated rings. The van der Waals surface area contributed by atoms with E-state index in [-0.39, 0.29) is 0 Å². The Bertz CT molecular complexity index is 435. The minimum Gasteiger partial charge on any atom is -0.480 e. The number of carboxylic acid groups (broad SMARTS) is 1. The van der Waals surface area contributed by atoms with Gasteiger partial charge in [-0.05, 0) is 24.9 Å². The molecule has 1 rings (SSSR count). The maximum atomic E-state index is 10.1. The van der Waals surface area contributed by atoms with Gasteiger partial charge >= 0.3 is 5.97 Å². The first-order valence-corrected chi connectivity index (χ1v) is 14.0. The van der Waals surface area contributed by atoms with E-state index in [2.05, 4.69) is 36.2 Å². The SMILES string of the molecule is CCCCCCCCCCCCCCCCN1C=CN(C)C1.CSCC[C@H](N)C(=O)O. The van der Waals surface area contributed by atoms with Crippen LogP contribution in [0.1, 0.15) is 103 Å². The van der Waals surface area contributed by atoms with E-state index in [0.717, 1.165) is 12.4 Å². The zero-order valence-electron chi connectivity index (χ0n) is 20.7. The molecule has 0 aromatic carbocycles. The summed E-state index contributed by atoms with van der Waals surface area (Å²) in [6.45, 7) is 4.61. The van der Waals surface area contributed by atoms with E-state index >= 15 is 0 Å². The molecule has 3 N–H and O–H groups in total. The van der Waals surface area contributed by atoms with Gasteiger partial charge in [0.15, 0.2) is 0 Å². The molecule has 0 saturated heterocycles. The number of nitrogens with two attached hydrogens (primary N) is 1. The van der Waals surface area contributed by atoms with E-state index < -0.39 is 12.0 Å². The van der Waals surface area contributed by atoms with Crippen molar-refractivity contribution in [2.24, 2.45) is 5.73 Å². The molecule has 31 heavy (non-hydrogen) atoms. The van der Waals surface area contributed by atoms with Crippen LogP contribution in [0.2, 0.25) is 0 Å². The fourth-order valence-corrected chi connectivity index (χ4v) is 4.10. The van der Waals surface area contributed by atoms with Crippen LogP contribution in [-0.4, -0.2) is 59.2 Å². The summed E-state index contributed by atoms with van der Waals surface area (Å²) in [6.07, 6.45) is 27.1. The number of rotatable bonds is 19. The van der Waals surface area contributed by atoms with Gasteiger partial charge in [0, 0.05) is 26.0 Å². The number of hydrogen-bond acceptors (Lipinski definition) is 5. The Morgan fingerprint density at radius 1 is 0.935 bits per heavy atom. The van der Waals surface area contributed by atoms with Gasteiger partial charge in [0.2, 0.25) is 0 Å². The van der Waals surface area contributed by atoms with Crippen molar-refractivity contribution in [1.82, 2.24) is 9.80 Å². The average Bonchev–Trinajstić information content (AvgIpc) is 3.17. The molecule has 1 atom stereocenters. The lowest BCUT2D eigenvalue weighted by Gasteiger charge is -2.17. The molecule has 0 radical (unpaired) electrons. The Morgan fingerprint density at radius 2 is 1.42 bits per heavy atom. The molecule has 0 unspecified atom stereocenters. The Balaban J connectivity index is 0.000000842. The van der Waals surface area contributed by atoms with Crippen LogP contribution in [0.4, 0.5) is 0 Å². The van der Waals surface area contributed by atoms with Gasteiger partial charge in [-0.2, -0.15) is 11.8 Å². The third kappa shape index (κ3) is 20.8. The molecule has 0 amide bonds. The first-order chi connectivity index (χ1) is 15.0. The highest BCUT2D eigenvalue weighted by Gasteiger charge is 2.09. The van der Waals surface area contributed by atoms with Crippen LogP contribution in [0.5, 0.6) is 0 Å². The Hall–Kier alpha value is -0.880. The molecule has 1 aliphatic rings. The van der Waals surface area contributed by atoms with Gasteiger partial charge in [-0.25, -0.2) is 0 Å². The fourth-order valence-electron chi connectivity index (χ4n) is 3.61. The van der Waals surface area contributed by atoms with Crippen LogP contribution in [-0.2, 0) is 4.79 Å². The summed E-state index contributed by atoms with van der Waals surface area (Å²) in [7, 11) is 2.14. The summed E-state index contributed by atoms with van der Waals surface area (Å²) < 4.78 is 0. The van der Waals surface area contributed by atoms with Crippen molar-refractivity contribution in [3.05, 3.63) is 12.4 Å². The maximum Gasteiger partial charge on any atom is 0.320 e. The smallest absolute Gasteiger partial charge is 0.320 e. The largest absolute Gasteiger partial charge is 0.480 e. The molecule has 0 aliphatic carbocycles. The third-order valence-corrected chi connectivity index (χ3v) is 6.33. The van der Waals surface area contributed by atoms with Crippen molar-refractivity contribution in [3.63, 3.8) is 0 Å². The number of carbonyl (C=O) groups is 1. The van der Waals surface area contributed by atoms with Crippen LogP contribution in [0, 0.1) is 0 Å². The van der Waals surface area contributed by atoms with Crippen molar-refractivity contribution in [1.29, 1.82) is 0 Å². The highest BCUT2D eigenvalue weighted by Crippen LogP contribution is 2.13. The standard InChI is InChI=1S/C20H40N2.C5H11NO2S/c1-3-4-5-6-7-8-9-10-11-12-13-14-15-16-17-22-19-18-21(2)20-22;1-9-3-2-4(6)5(7)8/h18-19H,3-17,20H2,1-2H3;4H,2-3,6H2,1H3,(H,7,8)/t;4-/m.0/s1. The van der Waals surface area contributed by atoms with E-state index in [9.17, 15) is 4.79 Å². The molecular weight excluding hydrogens is 406 g/mol. The Labute approximate surface area is 197 Å². The molecule has 0 bridgehead atoms. The number of nitrogens with zero attached hydrogens (tertiary/aromatic N) is 2. The fraction of sp³-hybridized carbons (Fsp3) is 0.880. The molecular formula is C25H51N3O2S. The zero-order chi connectivity index (χ0) is 23.2. The van der Waals surface area contributed by atoms with E-state index in [1.54, 1.807) is 11.8 Å². The Morgan fingerprint density at radius 3 is 1.81 bits per heavy atom. The van der Waals surface area contributed by atoms with E-state index in [1.807, 2.05) is 6.26 Å². The van der Waals surface area contributed by atoms with Gasteiger partial charge in [0.1, 0.15) is 6.04 Å². The zero-order valence-corrected chi connectivity index (χ0v) is 21.5. The average molecular weight is 458 g/mol. The van der Waals surface area contributed by atoms with E-state index in [1.165, 1.54) is 96.4 Å². The second-order valence-electron chi connectivity index (χ2n) is 8.83. The third-order valence-electron chi connectivity index (χ3n) is 5.69. The van der Waals surface area contributed by atoms with Gasteiger partial charge in [-0.3, -0.25) is 4.79 Å². The van der Waals surface area contributed by atoms with Crippen LogP contribution < -0.4 is 5.73 Å². The Kier molecular flexibility index (Phi) is 21.7. The van der Waals surface area contributed by atoms with Crippen LogP contribution in [0.15, 0.2) is 12.4 Å². The quantitative estimate of drug-likeness (QED) is 0.222. The normalized spacial score (nSPS) is 13.9. The summed E-state index contributed by atoms with van der Waals surface area (Å²) in [5.41, 5.74) is 5.19. The summed E-state index contributed by atoms with van der Waals surface area (Å²) in [5, 5.41) is 8.27. The highest BCUT2D eigenvalue weighted by molar-refractivity contribution is 7.98. The minimum atomic E-state index is -0.913. The van der Waals surface area contributed by atoms with Gasteiger partial charge in [-0.15, -0.1) is 0 Å². The first-order valence-electron chi connectivity index (χ1n) is 12.6. The van der Waals surface area contributed by atoms with Gasteiger partial charge in [0.05, 0.1) is 6.67 Å². The molecule has 5 nitrogen and oxygen atoms in total. The summed E-state index contributed by atoms with van der Waals surface area (Å²) in [4.78, 5) is 14.7. The van der Waals surface area contributed by atoms with Crippen molar-refractivity contribution in [3.8, 4) is 0 Å². The minimum absolute atomic E-state index is 0.552. The predicted molar refractivity (Wildman–Crippen MR) is 137 cm³/mol. The second-order valence-corrected chi connectivity index (χ2v) is 9.82. The number of thioether (sulfide) groups is 1. The predicted octanol–water partition coefficient (Wildman–Crippen LogP) is 6.30.